The van der Waals surface area contributed by atoms with Crippen LogP contribution in [0.4, 0.5) is 18.9 Å². The molecule has 2 aromatic rings. The van der Waals surface area contributed by atoms with Gasteiger partial charge >= 0.3 is 6.18 Å². The minimum absolute atomic E-state index is 0.582. The van der Waals surface area contributed by atoms with Gasteiger partial charge in [-0.05, 0) is 48.4 Å². The molecule has 0 bridgehead atoms. The summed E-state index contributed by atoms with van der Waals surface area (Å²) in [7, 11) is 1.63. The van der Waals surface area contributed by atoms with E-state index in [9.17, 15) is 13.2 Å². The van der Waals surface area contributed by atoms with Crippen LogP contribution in [-0.4, -0.2) is 13.7 Å². The van der Waals surface area contributed by atoms with Gasteiger partial charge in [0.2, 0.25) is 0 Å². The normalized spacial score (nSPS) is 11.4. The first-order valence-electron chi connectivity index (χ1n) is 9.49. The van der Waals surface area contributed by atoms with E-state index in [0.29, 0.717) is 6.54 Å². The Bertz CT molecular complexity index is 665. The van der Waals surface area contributed by atoms with E-state index in [-0.39, 0.29) is 0 Å². The number of ether oxygens (including phenoxy) is 1. The van der Waals surface area contributed by atoms with Gasteiger partial charge in [0.05, 0.1) is 12.7 Å². The molecule has 0 fully saturated rings. The summed E-state index contributed by atoms with van der Waals surface area (Å²) in [6.07, 6.45) is 1.58. The van der Waals surface area contributed by atoms with Crippen molar-refractivity contribution in [3.8, 4) is 5.75 Å². The van der Waals surface area contributed by atoms with Crippen LogP contribution in [0.25, 0.3) is 0 Å². The highest BCUT2D eigenvalue weighted by Gasteiger charge is 2.29. The minimum Gasteiger partial charge on any atom is -0.497 e. The van der Waals surface area contributed by atoms with Crippen molar-refractivity contribution in [2.24, 2.45) is 0 Å². The van der Waals surface area contributed by atoms with Gasteiger partial charge in [0.1, 0.15) is 5.75 Å². The van der Waals surface area contributed by atoms with Crippen LogP contribution in [0.15, 0.2) is 48.5 Å². The Morgan fingerprint density at radius 3 is 2.04 bits per heavy atom. The zero-order valence-electron chi connectivity index (χ0n) is 16.1. The zero-order valence-corrected chi connectivity index (χ0v) is 16.1. The molecule has 0 amide bonds. The predicted octanol–water partition coefficient (Wildman–Crippen LogP) is 6.69. The van der Waals surface area contributed by atoms with E-state index >= 15 is 0 Å². The van der Waals surface area contributed by atoms with Crippen LogP contribution in [0, 0.1) is 0 Å². The molecule has 0 saturated heterocycles. The molecule has 0 atom stereocenters. The average Bonchev–Trinajstić information content (AvgIpc) is 2.67. The van der Waals surface area contributed by atoms with E-state index in [1.54, 1.807) is 19.2 Å². The van der Waals surface area contributed by atoms with E-state index < -0.39 is 11.7 Å². The number of halogens is 3. The lowest BCUT2D eigenvalue weighted by atomic mass is 10.1. The third-order valence-corrected chi connectivity index (χ3v) is 4.62. The molecular formula is C22H28F3NO. The molecule has 0 aromatic heterocycles. The van der Waals surface area contributed by atoms with Gasteiger partial charge in [-0.3, -0.25) is 0 Å². The van der Waals surface area contributed by atoms with Gasteiger partial charge in [0.15, 0.2) is 0 Å². The fraction of sp³-hybridized carbons (Fsp3) is 0.455. The van der Waals surface area contributed by atoms with Crippen molar-refractivity contribution in [3.05, 3.63) is 59.7 Å². The van der Waals surface area contributed by atoms with Crippen molar-refractivity contribution in [3.63, 3.8) is 0 Å². The molecule has 0 aliphatic heterocycles. The largest absolute Gasteiger partial charge is 0.497 e. The lowest BCUT2D eigenvalue weighted by molar-refractivity contribution is -0.137. The fourth-order valence-electron chi connectivity index (χ4n) is 3.02. The Morgan fingerprint density at radius 1 is 0.852 bits per heavy atom. The van der Waals surface area contributed by atoms with Crippen molar-refractivity contribution in [1.29, 1.82) is 0 Å². The SMILES string of the molecule is CCCCCCCN(Cc1ccc(C(F)(F)F)cc1)c1ccc(OC)cc1. The average molecular weight is 379 g/mol. The van der Waals surface area contributed by atoms with E-state index in [4.69, 9.17) is 4.74 Å². The molecular weight excluding hydrogens is 351 g/mol. The summed E-state index contributed by atoms with van der Waals surface area (Å²) >= 11 is 0. The minimum atomic E-state index is -4.30. The van der Waals surface area contributed by atoms with Crippen LogP contribution in [0.3, 0.4) is 0 Å². The van der Waals surface area contributed by atoms with Crippen LogP contribution in [0.2, 0.25) is 0 Å². The Morgan fingerprint density at radius 2 is 1.48 bits per heavy atom. The highest BCUT2D eigenvalue weighted by molar-refractivity contribution is 5.49. The molecule has 0 aliphatic rings. The molecule has 0 spiro atoms. The van der Waals surface area contributed by atoms with Gasteiger partial charge in [-0.1, -0.05) is 44.7 Å². The van der Waals surface area contributed by atoms with Crippen LogP contribution in [-0.2, 0) is 12.7 Å². The Kier molecular flexibility index (Phi) is 8.01. The van der Waals surface area contributed by atoms with E-state index in [0.717, 1.165) is 48.5 Å². The van der Waals surface area contributed by atoms with Gasteiger partial charge in [-0.25, -0.2) is 0 Å². The molecule has 0 saturated carbocycles. The van der Waals surface area contributed by atoms with E-state index in [2.05, 4.69) is 11.8 Å². The molecule has 27 heavy (non-hydrogen) atoms. The van der Waals surface area contributed by atoms with Crippen molar-refractivity contribution in [1.82, 2.24) is 0 Å². The number of hydrogen-bond acceptors (Lipinski definition) is 2. The second-order valence-electron chi connectivity index (χ2n) is 6.73. The molecule has 5 heteroatoms. The van der Waals surface area contributed by atoms with Gasteiger partial charge < -0.3 is 9.64 Å². The van der Waals surface area contributed by atoms with Crippen molar-refractivity contribution >= 4 is 5.69 Å². The van der Waals surface area contributed by atoms with Gasteiger partial charge in [-0.15, -0.1) is 0 Å². The van der Waals surface area contributed by atoms with Crippen LogP contribution < -0.4 is 9.64 Å². The maximum Gasteiger partial charge on any atom is 0.416 e. The van der Waals surface area contributed by atoms with Gasteiger partial charge in [0.25, 0.3) is 0 Å². The van der Waals surface area contributed by atoms with Crippen molar-refractivity contribution in [2.45, 2.75) is 51.7 Å². The maximum absolute atomic E-state index is 12.8. The quantitative estimate of drug-likeness (QED) is 0.426. The standard InChI is InChI=1S/C22H28F3NO/c1-3-4-5-6-7-16-26(20-12-14-21(27-2)15-13-20)17-18-8-10-19(11-9-18)22(23,24)25/h8-15H,3-7,16-17H2,1-2H3. The first-order valence-corrected chi connectivity index (χ1v) is 9.49. The van der Waals surface area contributed by atoms with E-state index in [1.165, 1.54) is 19.3 Å². The van der Waals surface area contributed by atoms with E-state index in [1.807, 2.05) is 24.3 Å². The van der Waals surface area contributed by atoms with Gasteiger partial charge in [0, 0.05) is 18.8 Å². The number of rotatable bonds is 10. The summed E-state index contributed by atoms with van der Waals surface area (Å²) < 4.78 is 43.5. The highest BCUT2D eigenvalue weighted by Crippen LogP contribution is 2.29. The summed E-state index contributed by atoms with van der Waals surface area (Å²) in [5, 5.41) is 0. The first-order chi connectivity index (χ1) is 12.9. The summed E-state index contributed by atoms with van der Waals surface area (Å²) in [6, 6.07) is 13.3. The number of alkyl halides is 3. The smallest absolute Gasteiger partial charge is 0.416 e. The molecule has 2 rings (SSSR count). The molecule has 0 heterocycles. The lowest BCUT2D eigenvalue weighted by Crippen LogP contribution is -2.24. The van der Waals surface area contributed by atoms with Crippen LogP contribution in [0.5, 0.6) is 5.75 Å². The summed E-state index contributed by atoms with van der Waals surface area (Å²) in [5.41, 5.74) is 1.31. The number of nitrogens with zero attached hydrogens (tertiary/aromatic N) is 1. The highest BCUT2D eigenvalue weighted by atomic mass is 19.4. The first kappa shape index (κ1) is 21.1. The van der Waals surface area contributed by atoms with Crippen molar-refractivity contribution < 1.29 is 17.9 Å². The molecule has 148 valence electrons. The number of benzene rings is 2. The third kappa shape index (κ3) is 6.81. The summed E-state index contributed by atoms with van der Waals surface area (Å²) in [5.74, 6) is 0.788. The number of unbranched alkanes of at least 4 members (excludes halogenated alkanes) is 4. The second kappa shape index (κ2) is 10.2. The number of methoxy groups -OCH3 is 1. The van der Waals surface area contributed by atoms with Gasteiger partial charge in [-0.2, -0.15) is 13.2 Å². The molecule has 0 N–H and O–H groups in total. The molecule has 0 aliphatic carbocycles. The third-order valence-electron chi connectivity index (χ3n) is 4.62. The maximum atomic E-state index is 12.8. The second-order valence-corrected chi connectivity index (χ2v) is 6.73. The Hall–Kier alpha value is -2.17. The topological polar surface area (TPSA) is 12.5 Å². The molecule has 0 radical (unpaired) electrons. The fourth-order valence-corrected chi connectivity index (χ4v) is 3.02. The number of anilines is 1. The zero-order chi connectivity index (χ0) is 19.7. The summed E-state index contributed by atoms with van der Waals surface area (Å²) in [6.45, 7) is 3.64. The lowest BCUT2D eigenvalue weighted by Gasteiger charge is -2.25. The van der Waals surface area contributed by atoms with Crippen LogP contribution in [0.1, 0.15) is 50.2 Å². The molecule has 2 nitrogen and oxygen atoms in total. The summed E-state index contributed by atoms with van der Waals surface area (Å²) in [4.78, 5) is 2.22. The molecule has 2 aromatic carbocycles. The van der Waals surface area contributed by atoms with Crippen LogP contribution >= 0.6 is 0 Å². The molecule has 0 unspecified atom stereocenters. The predicted molar refractivity (Wildman–Crippen MR) is 104 cm³/mol. The van der Waals surface area contributed by atoms with Crippen molar-refractivity contribution in [2.75, 3.05) is 18.6 Å². The Balaban J connectivity index is 2.08. The Labute approximate surface area is 160 Å². The number of hydrogen-bond donors (Lipinski definition) is 0. The monoisotopic (exact) mass is 379 g/mol.